The summed E-state index contributed by atoms with van der Waals surface area (Å²) in [7, 11) is 0. The van der Waals surface area contributed by atoms with Crippen molar-refractivity contribution in [3.8, 4) is 22.9 Å². The molecule has 2 aliphatic heterocycles. The van der Waals surface area contributed by atoms with Crippen LogP contribution in [0.3, 0.4) is 0 Å². The van der Waals surface area contributed by atoms with Crippen molar-refractivity contribution in [3.05, 3.63) is 40.6 Å². The number of tetrazole rings is 1. The summed E-state index contributed by atoms with van der Waals surface area (Å²) in [6, 6.07) is 7.91. The monoisotopic (exact) mass is 397 g/mol. The molecule has 1 saturated heterocycles. The van der Waals surface area contributed by atoms with E-state index in [1.165, 1.54) is 4.80 Å². The predicted octanol–water partition coefficient (Wildman–Crippen LogP) is 2.54. The lowest BCUT2D eigenvalue weighted by Crippen LogP contribution is -2.34. The van der Waals surface area contributed by atoms with Gasteiger partial charge in [-0.05, 0) is 47.2 Å². The highest BCUT2D eigenvalue weighted by molar-refractivity contribution is 7.08. The number of likely N-dealkylation sites (tertiary alicyclic amines) is 1. The minimum atomic E-state index is -0.00772. The number of rotatable bonds is 4. The largest absolute Gasteiger partial charge is 0.486 e. The van der Waals surface area contributed by atoms with Gasteiger partial charge < -0.3 is 14.4 Å². The minimum Gasteiger partial charge on any atom is -0.486 e. The van der Waals surface area contributed by atoms with Gasteiger partial charge in [0.1, 0.15) is 19.8 Å². The molecule has 0 radical (unpaired) electrons. The molecule has 0 bridgehead atoms. The molecule has 4 heterocycles. The molecule has 1 atom stereocenters. The second kappa shape index (κ2) is 7.23. The molecule has 0 N–H and O–H groups in total. The van der Waals surface area contributed by atoms with E-state index in [1.807, 2.05) is 39.9 Å². The van der Waals surface area contributed by atoms with Crippen LogP contribution in [-0.4, -0.2) is 50.8 Å². The second-order valence-corrected chi connectivity index (χ2v) is 7.58. The van der Waals surface area contributed by atoms with Crippen LogP contribution in [0.25, 0.3) is 11.4 Å². The molecule has 1 unspecified atom stereocenters. The van der Waals surface area contributed by atoms with Crippen molar-refractivity contribution in [2.24, 2.45) is 0 Å². The summed E-state index contributed by atoms with van der Waals surface area (Å²) < 4.78 is 11.3. The van der Waals surface area contributed by atoms with Crippen LogP contribution in [0.1, 0.15) is 24.4 Å². The average Bonchev–Trinajstić information content (AvgIpc) is 3.48. The molecule has 3 aromatic rings. The summed E-state index contributed by atoms with van der Waals surface area (Å²) in [5, 5.41) is 16.3. The van der Waals surface area contributed by atoms with Crippen molar-refractivity contribution in [2.45, 2.75) is 25.4 Å². The van der Waals surface area contributed by atoms with Crippen molar-refractivity contribution < 1.29 is 14.3 Å². The average molecular weight is 397 g/mol. The molecule has 1 amide bonds. The number of amides is 1. The van der Waals surface area contributed by atoms with Crippen molar-refractivity contribution in [1.29, 1.82) is 0 Å². The number of thiophene rings is 1. The molecule has 144 valence electrons. The first kappa shape index (κ1) is 17.2. The number of hydrogen-bond acceptors (Lipinski definition) is 7. The molecule has 0 saturated carbocycles. The van der Waals surface area contributed by atoms with Crippen molar-refractivity contribution in [1.82, 2.24) is 25.1 Å². The minimum absolute atomic E-state index is 0.00772. The molecule has 1 aromatic carbocycles. The molecule has 0 aliphatic carbocycles. The lowest BCUT2D eigenvalue weighted by molar-refractivity contribution is -0.133. The van der Waals surface area contributed by atoms with Gasteiger partial charge in [0.2, 0.25) is 11.7 Å². The van der Waals surface area contributed by atoms with Crippen LogP contribution in [0.5, 0.6) is 11.5 Å². The van der Waals surface area contributed by atoms with Gasteiger partial charge in [-0.1, -0.05) is 6.07 Å². The van der Waals surface area contributed by atoms with Gasteiger partial charge in [0.25, 0.3) is 0 Å². The zero-order valence-corrected chi connectivity index (χ0v) is 16.0. The van der Waals surface area contributed by atoms with E-state index >= 15 is 0 Å². The van der Waals surface area contributed by atoms with Crippen LogP contribution in [0, 0.1) is 0 Å². The SMILES string of the molecule is O=C(Cn1nnc(-c2ccsc2)n1)N1CCCC1c1ccc2c(c1)OCCO2. The van der Waals surface area contributed by atoms with E-state index in [-0.39, 0.29) is 18.5 Å². The summed E-state index contributed by atoms with van der Waals surface area (Å²) in [6.45, 7) is 1.93. The van der Waals surface area contributed by atoms with E-state index in [1.54, 1.807) is 11.3 Å². The third-order valence-electron chi connectivity index (χ3n) is 5.03. The maximum Gasteiger partial charge on any atom is 0.246 e. The highest BCUT2D eigenvalue weighted by Crippen LogP contribution is 2.38. The molecule has 2 aromatic heterocycles. The number of benzene rings is 1. The fourth-order valence-electron chi connectivity index (χ4n) is 3.71. The molecule has 5 rings (SSSR count). The lowest BCUT2D eigenvalue weighted by atomic mass is 10.0. The summed E-state index contributed by atoms with van der Waals surface area (Å²) in [4.78, 5) is 16.2. The van der Waals surface area contributed by atoms with Crippen molar-refractivity contribution in [3.63, 3.8) is 0 Å². The summed E-state index contributed by atoms with van der Waals surface area (Å²) in [5.74, 6) is 2.05. The Morgan fingerprint density at radius 3 is 2.96 bits per heavy atom. The van der Waals surface area contributed by atoms with E-state index in [4.69, 9.17) is 9.47 Å². The number of nitrogens with zero attached hydrogens (tertiary/aromatic N) is 5. The Hall–Kier alpha value is -2.94. The lowest BCUT2D eigenvalue weighted by Gasteiger charge is -2.26. The van der Waals surface area contributed by atoms with Gasteiger partial charge >= 0.3 is 0 Å². The van der Waals surface area contributed by atoms with Crippen molar-refractivity contribution in [2.75, 3.05) is 19.8 Å². The van der Waals surface area contributed by atoms with Gasteiger partial charge in [-0.15, -0.1) is 10.2 Å². The third kappa shape index (κ3) is 3.22. The van der Waals surface area contributed by atoms with Gasteiger partial charge in [-0.3, -0.25) is 4.79 Å². The predicted molar refractivity (Wildman–Crippen MR) is 102 cm³/mol. The second-order valence-electron chi connectivity index (χ2n) is 6.80. The Bertz CT molecular complexity index is 987. The maximum atomic E-state index is 12.9. The molecule has 0 spiro atoms. The number of hydrogen-bond donors (Lipinski definition) is 0. The number of fused-ring (bicyclic) bond motifs is 1. The quantitative estimate of drug-likeness (QED) is 0.673. The normalized spacial score (nSPS) is 18.4. The highest BCUT2D eigenvalue weighted by Gasteiger charge is 2.31. The Labute approximate surface area is 165 Å². The number of aromatic nitrogens is 4. The molecule has 28 heavy (non-hydrogen) atoms. The Morgan fingerprint density at radius 2 is 2.11 bits per heavy atom. The molecule has 9 heteroatoms. The van der Waals surface area contributed by atoms with E-state index in [9.17, 15) is 4.79 Å². The summed E-state index contributed by atoms with van der Waals surface area (Å²) in [6.07, 6.45) is 1.89. The zero-order chi connectivity index (χ0) is 18.9. The molecular weight excluding hydrogens is 378 g/mol. The smallest absolute Gasteiger partial charge is 0.246 e. The Balaban J connectivity index is 1.32. The van der Waals surface area contributed by atoms with E-state index in [0.717, 1.165) is 42.0 Å². The number of carbonyl (C=O) groups is 1. The van der Waals surface area contributed by atoms with Crippen LogP contribution in [0.2, 0.25) is 0 Å². The van der Waals surface area contributed by atoms with Crippen LogP contribution in [0.4, 0.5) is 0 Å². The van der Waals surface area contributed by atoms with Gasteiger partial charge in [-0.2, -0.15) is 16.1 Å². The standard InChI is InChI=1S/C19H19N5O3S/c25-18(11-24-21-19(20-22-24)14-5-9-28-12-14)23-6-1-2-15(23)13-3-4-16-17(10-13)27-8-7-26-16/h3-5,9-10,12,15H,1-2,6-8,11H2. The first-order valence-electron chi connectivity index (χ1n) is 9.27. The Kier molecular flexibility index (Phi) is 4.44. The van der Waals surface area contributed by atoms with Crippen molar-refractivity contribution >= 4 is 17.2 Å². The van der Waals surface area contributed by atoms with E-state index in [0.29, 0.717) is 19.0 Å². The van der Waals surface area contributed by atoms with E-state index < -0.39 is 0 Å². The van der Waals surface area contributed by atoms with Crippen LogP contribution in [0.15, 0.2) is 35.0 Å². The van der Waals surface area contributed by atoms with Gasteiger partial charge in [-0.25, -0.2) is 0 Å². The fraction of sp³-hybridized carbons (Fsp3) is 0.368. The molecule has 1 fully saturated rings. The van der Waals surface area contributed by atoms with Gasteiger partial charge in [0.05, 0.1) is 6.04 Å². The number of carbonyl (C=O) groups excluding carboxylic acids is 1. The van der Waals surface area contributed by atoms with Crippen LogP contribution < -0.4 is 9.47 Å². The van der Waals surface area contributed by atoms with E-state index in [2.05, 4.69) is 15.4 Å². The van der Waals surface area contributed by atoms with Gasteiger partial charge in [0, 0.05) is 17.5 Å². The van der Waals surface area contributed by atoms with Gasteiger partial charge in [0.15, 0.2) is 11.5 Å². The third-order valence-corrected chi connectivity index (χ3v) is 5.72. The molecular formula is C19H19N5O3S. The summed E-state index contributed by atoms with van der Waals surface area (Å²) in [5.41, 5.74) is 1.99. The first-order valence-corrected chi connectivity index (χ1v) is 10.2. The number of ether oxygens (including phenoxy) is 2. The maximum absolute atomic E-state index is 12.9. The molecule has 8 nitrogen and oxygen atoms in total. The van der Waals surface area contributed by atoms with Crippen LogP contribution in [-0.2, 0) is 11.3 Å². The zero-order valence-electron chi connectivity index (χ0n) is 15.2. The van der Waals surface area contributed by atoms with Crippen LogP contribution >= 0.6 is 11.3 Å². The highest BCUT2D eigenvalue weighted by atomic mass is 32.1. The Morgan fingerprint density at radius 1 is 1.21 bits per heavy atom. The topological polar surface area (TPSA) is 82.4 Å². The molecule has 2 aliphatic rings. The summed E-state index contributed by atoms with van der Waals surface area (Å²) >= 11 is 1.57. The first-order chi connectivity index (χ1) is 13.8. The fourth-order valence-corrected chi connectivity index (χ4v) is 4.34.